The van der Waals surface area contributed by atoms with Crippen LogP contribution in [0.5, 0.6) is 0 Å². The molecule has 0 saturated heterocycles. The van der Waals surface area contributed by atoms with Gasteiger partial charge in [0.25, 0.3) is 0 Å². The summed E-state index contributed by atoms with van der Waals surface area (Å²) in [5.41, 5.74) is 1.30. The minimum atomic E-state index is 0.456. The molecular weight excluding hydrogens is 162 g/mol. The van der Waals surface area contributed by atoms with Crippen LogP contribution < -0.4 is 5.32 Å². The highest BCUT2D eigenvalue weighted by molar-refractivity contribution is 5.37. The van der Waals surface area contributed by atoms with Crippen LogP contribution in [0.2, 0.25) is 0 Å². The van der Waals surface area contributed by atoms with Crippen molar-refractivity contribution in [3.63, 3.8) is 0 Å². The van der Waals surface area contributed by atoms with Crippen molar-refractivity contribution in [1.29, 1.82) is 0 Å². The van der Waals surface area contributed by atoms with Crippen LogP contribution in [0.3, 0.4) is 0 Å². The van der Waals surface area contributed by atoms with Gasteiger partial charge in [-0.3, -0.25) is 5.10 Å². The van der Waals surface area contributed by atoms with Gasteiger partial charge in [0.1, 0.15) is 5.82 Å². The van der Waals surface area contributed by atoms with Crippen LogP contribution in [0.4, 0.5) is 5.82 Å². The van der Waals surface area contributed by atoms with Gasteiger partial charge in [-0.05, 0) is 26.7 Å². The number of H-pyrrole nitrogens is 1. The zero-order chi connectivity index (χ0) is 9.26. The summed E-state index contributed by atoms with van der Waals surface area (Å²) in [5, 5.41) is 10.6. The van der Waals surface area contributed by atoms with Crippen molar-refractivity contribution in [2.45, 2.75) is 45.1 Å². The summed E-state index contributed by atoms with van der Waals surface area (Å²) >= 11 is 0. The second-order valence-electron chi connectivity index (χ2n) is 4.14. The highest BCUT2D eigenvalue weighted by Gasteiger charge is 2.21. The molecular formula is C10H17N3. The van der Waals surface area contributed by atoms with Gasteiger partial charge < -0.3 is 5.32 Å². The van der Waals surface area contributed by atoms with E-state index in [-0.39, 0.29) is 0 Å². The first kappa shape index (κ1) is 8.60. The topological polar surface area (TPSA) is 40.7 Å². The van der Waals surface area contributed by atoms with Crippen molar-refractivity contribution < 1.29 is 0 Å². The number of hydrogen-bond donors (Lipinski definition) is 2. The average Bonchev–Trinajstić information content (AvgIpc) is 2.31. The van der Waals surface area contributed by atoms with Crippen LogP contribution in [0.15, 0.2) is 6.07 Å². The molecule has 1 fully saturated rings. The Kier molecular flexibility index (Phi) is 2.25. The Morgan fingerprint density at radius 1 is 1.54 bits per heavy atom. The van der Waals surface area contributed by atoms with E-state index in [1.807, 2.05) is 0 Å². The molecule has 3 nitrogen and oxygen atoms in total. The molecule has 13 heavy (non-hydrogen) atoms. The SMILES string of the molecule is CC(C)Nc1cc(C2CCC2)[nH]n1. The highest BCUT2D eigenvalue weighted by Crippen LogP contribution is 2.35. The summed E-state index contributed by atoms with van der Waals surface area (Å²) in [6.07, 6.45) is 4.02. The first-order valence-corrected chi connectivity index (χ1v) is 5.07. The third-order valence-electron chi connectivity index (χ3n) is 2.58. The van der Waals surface area contributed by atoms with E-state index in [9.17, 15) is 0 Å². The second kappa shape index (κ2) is 3.40. The summed E-state index contributed by atoms with van der Waals surface area (Å²) in [4.78, 5) is 0. The maximum absolute atomic E-state index is 4.22. The van der Waals surface area contributed by atoms with E-state index < -0.39 is 0 Å². The van der Waals surface area contributed by atoms with E-state index in [0.29, 0.717) is 6.04 Å². The number of anilines is 1. The van der Waals surface area contributed by atoms with Crippen molar-refractivity contribution in [2.75, 3.05) is 5.32 Å². The third kappa shape index (κ3) is 1.85. The first-order chi connectivity index (χ1) is 6.25. The Morgan fingerprint density at radius 3 is 2.85 bits per heavy atom. The lowest BCUT2D eigenvalue weighted by Gasteiger charge is -2.23. The number of hydrogen-bond acceptors (Lipinski definition) is 2. The fourth-order valence-corrected chi connectivity index (χ4v) is 1.63. The van der Waals surface area contributed by atoms with Gasteiger partial charge in [0.2, 0.25) is 0 Å². The molecule has 1 aliphatic rings. The van der Waals surface area contributed by atoms with Crippen LogP contribution >= 0.6 is 0 Å². The highest BCUT2D eigenvalue weighted by atomic mass is 15.2. The van der Waals surface area contributed by atoms with Crippen LogP contribution in [-0.4, -0.2) is 16.2 Å². The number of nitrogens with one attached hydrogen (secondary N) is 2. The summed E-state index contributed by atoms with van der Waals surface area (Å²) in [7, 11) is 0. The van der Waals surface area contributed by atoms with Gasteiger partial charge in [-0.15, -0.1) is 0 Å². The van der Waals surface area contributed by atoms with Gasteiger partial charge in [0.15, 0.2) is 0 Å². The third-order valence-corrected chi connectivity index (χ3v) is 2.58. The molecule has 1 saturated carbocycles. The largest absolute Gasteiger partial charge is 0.366 e. The Balaban J connectivity index is 2.00. The monoisotopic (exact) mass is 179 g/mol. The van der Waals surface area contributed by atoms with E-state index in [0.717, 1.165) is 11.7 Å². The van der Waals surface area contributed by atoms with Crippen molar-refractivity contribution in [3.8, 4) is 0 Å². The van der Waals surface area contributed by atoms with Gasteiger partial charge in [0.05, 0.1) is 0 Å². The molecule has 1 aliphatic carbocycles. The van der Waals surface area contributed by atoms with E-state index in [1.165, 1.54) is 25.0 Å². The summed E-state index contributed by atoms with van der Waals surface area (Å²) in [5.74, 6) is 1.73. The number of rotatable bonds is 3. The lowest BCUT2D eigenvalue weighted by molar-refractivity contribution is 0.410. The van der Waals surface area contributed by atoms with Crippen molar-refractivity contribution >= 4 is 5.82 Å². The molecule has 1 aromatic heterocycles. The normalized spacial score (nSPS) is 17.5. The van der Waals surface area contributed by atoms with Crippen LogP contribution in [-0.2, 0) is 0 Å². The molecule has 0 atom stereocenters. The maximum atomic E-state index is 4.22. The van der Waals surface area contributed by atoms with Gasteiger partial charge in [0, 0.05) is 23.7 Å². The van der Waals surface area contributed by atoms with E-state index in [4.69, 9.17) is 0 Å². The molecule has 0 radical (unpaired) electrons. The predicted molar refractivity (Wildman–Crippen MR) is 53.9 cm³/mol. The molecule has 0 spiro atoms. The first-order valence-electron chi connectivity index (χ1n) is 5.07. The molecule has 72 valence electrons. The minimum Gasteiger partial charge on any atom is -0.366 e. The zero-order valence-corrected chi connectivity index (χ0v) is 8.30. The van der Waals surface area contributed by atoms with Gasteiger partial charge in [-0.1, -0.05) is 6.42 Å². The van der Waals surface area contributed by atoms with Crippen LogP contribution in [0.1, 0.15) is 44.7 Å². The molecule has 0 aromatic carbocycles. The molecule has 0 amide bonds. The Bertz CT molecular complexity index is 273. The Hall–Kier alpha value is -0.990. The van der Waals surface area contributed by atoms with Crippen LogP contribution in [0, 0.1) is 0 Å². The van der Waals surface area contributed by atoms with Crippen molar-refractivity contribution in [1.82, 2.24) is 10.2 Å². The second-order valence-corrected chi connectivity index (χ2v) is 4.14. The number of nitrogens with zero attached hydrogens (tertiary/aromatic N) is 1. The van der Waals surface area contributed by atoms with Crippen molar-refractivity contribution in [2.24, 2.45) is 0 Å². The standard InChI is InChI=1S/C10H17N3/c1-7(2)11-10-6-9(12-13-10)8-4-3-5-8/h6-8H,3-5H2,1-2H3,(H2,11,12,13). The fraction of sp³-hybridized carbons (Fsp3) is 0.700. The summed E-state index contributed by atoms with van der Waals surface area (Å²) < 4.78 is 0. The lowest BCUT2D eigenvalue weighted by Crippen LogP contribution is -2.10. The molecule has 1 heterocycles. The number of aromatic nitrogens is 2. The Morgan fingerprint density at radius 2 is 2.31 bits per heavy atom. The Labute approximate surface area is 78.9 Å². The van der Waals surface area contributed by atoms with Gasteiger partial charge in [-0.2, -0.15) is 5.10 Å². The smallest absolute Gasteiger partial charge is 0.148 e. The van der Waals surface area contributed by atoms with Crippen LogP contribution in [0.25, 0.3) is 0 Å². The molecule has 2 rings (SSSR count). The van der Waals surface area contributed by atoms with Crippen molar-refractivity contribution in [3.05, 3.63) is 11.8 Å². The maximum Gasteiger partial charge on any atom is 0.148 e. The average molecular weight is 179 g/mol. The lowest BCUT2D eigenvalue weighted by atomic mass is 9.83. The fourth-order valence-electron chi connectivity index (χ4n) is 1.63. The molecule has 2 N–H and O–H groups in total. The van der Waals surface area contributed by atoms with Gasteiger partial charge in [-0.25, -0.2) is 0 Å². The van der Waals surface area contributed by atoms with E-state index >= 15 is 0 Å². The molecule has 0 bridgehead atoms. The molecule has 0 aliphatic heterocycles. The molecule has 1 aromatic rings. The molecule has 3 heteroatoms. The quantitative estimate of drug-likeness (QED) is 0.748. The summed E-state index contributed by atoms with van der Waals surface area (Å²) in [6, 6.07) is 2.60. The molecule has 0 unspecified atom stereocenters. The number of aromatic amines is 1. The van der Waals surface area contributed by atoms with Gasteiger partial charge >= 0.3 is 0 Å². The van der Waals surface area contributed by atoms with E-state index in [2.05, 4.69) is 35.4 Å². The summed E-state index contributed by atoms with van der Waals surface area (Å²) in [6.45, 7) is 4.25. The zero-order valence-electron chi connectivity index (χ0n) is 8.30. The predicted octanol–water partition coefficient (Wildman–Crippen LogP) is 2.50. The minimum absolute atomic E-state index is 0.456. The van der Waals surface area contributed by atoms with E-state index in [1.54, 1.807) is 0 Å².